The van der Waals surface area contributed by atoms with Crippen LogP contribution in [0.15, 0.2) is 30.3 Å². The Balaban J connectivity index is 1.88. The molecule has 0 bridgehead atoms. The molecule has 0 spiro atoms. The van der Waals surface area contributed by atoms with Crippen molar-refractivity contribution in [1.29, 1.82) is 0 Å². The average Bonchev–Trinajstić information content (AvgIpc) is 2.49. The minimum absolute atomic E-state index is 0.465. The molecule has 1 N–H and O–H groups in total. The highest BCUT2D eigenvalue weighted by atomic mass is 16.5. The maximum atomic E-state index is 5.64. The Hall–Kier alpha value is -0.900. The number of likely N-dealkylation sites (N-methyl/N-ethyl adjacent to an activating group) is 1. The van der Waals surface area contributed by atoms with Crippen molar-refractivity contribution in [3.8, 4) is 0 Å². The number of ether oxygens (including phenoxy) is 1. The predicted molar refractivity (Wildman–Crippen MR) is 88.5 cm³/mol. The molecule has 1 atom stereocenters. The van der Waals surface area contributed by atoms with Gasteiger partial charge in [-0.3, -0.25) is 4.90 Å². The molecule has 1 saturated carbocycles. The quantitative estimate of drug-likeness (QED) is 0.756. The third kappa shape index (κ3) is 4.53. The summed E-state index contributed by atoms with van der Waals surface area (Å²) in [6, 6.07) is 12.0. The van der Waals surface area contributed by atoms with Crippen LogP contribution in [0.4, 0.5) is 0 Å². The Morgan fingerprint density at radius 3 is 2.38 bits per heavy atom. The van der Waals surface area contributed by atoms with Gasteiger partial charge in [-0.25, -0.2) is 0 Å². The third-order valence-corrected chi connectivity index (χ3v) is 4.53. The average molecular weight is 290 g/mol. The van der Waals surface area contributed by atoms with E-state index in [1.165, 1.54) is 5.56 Å². The summed E-state index contributed by atoms with van der Waals surface area (Å²) in [5.41, 5.74) is 1.41. The van der Waals surface area contributed by atoms with Crippen LogP contribution < -0.4 is 5.32 Å². The second-order valence-corrected chi connectivity index (χ2v) is 5.80. The zero-order chi connectivity index (χ0) is 15.1. The van der Waals surface area contributed by atoms with Crippen molar-refractivity contribution in [2.45, 2.75) is 51.8 Å². The van der Waals surface area contributed by atoms with E-state index in [-0.39, 0.29) is 0 Å². The van der Waals surface area contributed by atoms with E-state index in [9.17, 15) is 0 Å². The Bertz CT molecular complexity index is 385. The van der Waals surface area contributed by atoms with Crippen LogP contribution in [0.1, 0.15) is 45.2 Å². The smallest absolute Gasteiger partial charge is 0.0604 e. The molecule has 1 fully saturated rings. The molecule has 0 aliphatic heterocycles. The maximum absolute atomic E-state index is 5.64. The van der Waals surface area contributed by atoms with E-state index in [1.54, 1.807) is 0 Å². The summed E-state index contributed by atoms with van der Waals surface area (Å²) in [6.45, 7) is 10.6. The lowest BCUT2D eigenvalue weighted by atomic mass is 9.89. The second-order valence-electron chi connectivity index (χ2n) is 5.80. The Kier molecular flexibility index (Phi) is 6.68. The molecule has 2 rings (SSSR count). The largest absolute Gasteiger partial charge is 0.378 e. The number of nitrogens with zero attached hydrogens (tertiary/aromatic N) is 1. The van der Waals surface area contributed by atoms with Crippen LogP contribution in [0, 0.1) is 0 Å². The Morgan fingerprint density at radius 2 is 1.81 bits per heavy atom. The summed E-state index contributed by atoms with van der Waals surface area (Å²) in [4.78, 5) is 2.53. The fourth-order valence-corrected chi connectivity index (χ4v) is 3.18. The molecule has 3 heteroatoms. The fraction of sp³-hybridized carbons (Fsp3) is 0.667. The molecule has 3 nitrogen and oxygen atoms in total. The maximum Gasteiger partial charge on any atom is 0.0604 e. The first-order valence-electron chi connectivity index (χ1n) is 8.42. The molecular formula is C18H30N2O. The van der Waals surface area contributed by atoms with Crippen molar-refractivity contribution in [3.05, 3.63) is 35.9 Å². The predicted octanol–water partition coefficient (Wildman–Crippen LogP) is 3.23. The SMILES string of the molecule is CCOC1CC(NCC(c2ccccc2)N(CC)CC)C1. The molecule has 0 radical (unpaired) electrons. The van der Waals surface area contributed by atoms with Gasteiger partial charge >= 0.3 is 0 Å². The standard InChI is InChI=1S/C18H30N2O/c1-4-20(5-2)18(15-10-8-7-9-11-15)14-19-16-12-17(13-16)21-6-3/h7-11,16-19H,4-6,12-14H2,1-3H3. The molecular weight excluding hydrogens is 260 g/mol. The van der Waals surface area contributed by atoms with Crippen LogP contribution in [0.25, 0.3) is 0 Å². The van der Waals surface area contributed by atoms with Crippen LogP contribution >= 0.6 is 0 Å². The van der Waals surface area contributed by atoms with E-state index in [1.807, 2.05) is 0 Å². The number of nitrogens with one attached hydrogen (secondary N) is 1. The van der Waals surface area contributed by atoms with Gasteiger partial charge in [-0.2, -0.15) is 0 Å². The molecule has 21 heavy (non-hydrogen) atoms. The fourth-order valence-electron chi connectivity index (χ4n) is 3.18. The van der Waals surface area contributed by atoms with Crippen molar-refractivity contribution in [1.82, 2.24) is 10.2 Å². The van der Waals surface area contributed by atoms with Gasteiger partial charge in [0.2, 0.25) is 0 Å². The van der Waals surface area contributed by atoms with Crippen molar-refractivity contribution in [3.63, 3.8) is 0 Å². The van der Waals surface area contributed by atoms with Gasteiger partial charge in [0.1, 0.15) is 0 Å². The van der Waals surface area contributed by atoms with Crippen LogP contribution in [-0.2, 0) is 4.74 Å². The lowest BCUT2D eigenvalue weighted by molar-refractivity contribution is -0.0113. The summed E-state index contributed by atoms with van der Waals surface area (Å²) in [6.07, 6.45) is 2.80. The summed E-state index contributed by atoms with van der Waals surface area (Å²) in [5.74, 6) is 0. The lowest BCUT2D eigenvalue weighted by Crippen LogP contribution is -2.48. The minimum Gasteiger partial charge on any atom is -0.378 e. The zero-order valence-corrected chi connectivity index (χ0v) is 13.7. The molecule has 0 heterocycles. The van der Waals surface area contributed by atoms with Crippen LogP contribution in [0.5, 0.6) is 0 Å². The number of hydrogen-bond acceptors (Lipinski definition) is 3. The van der Waals surface area contributed by atoms with Gasteiger partial charge in [-0.15, -0.1) is 0 Å². The summed E-state index contributed by atoms with van der Waals surface area (Å²) >= 11 is 0. The molecule has 1 aromatic carbocycles. The minimum atomic E-state index is 0.465. The number of hydrogen-bond donors (Lipinski definition) is 1. The Labute approximate surface area is 129 Å². The van der Waals surface area contributed by atoms with Crippen molar-refractivity contribution in [2.24, 2.45) is 0 Å². The molecule has 1 aromatic rings. The summed E-state index contributed by atoms with van der Waals surface area (Å²) < 4.78 is 5.64. The van der Waals surface area contributed by atoms with Crippen LogP contribution in [-0.4, -0.2) is 43.3 Å². The highest BCUT2D eigenvalue weighted by Gasteiger charge is 2.30. The van der Waals surface area contributed by atoms with Gasteiger partial charge in [0.05, 0.1) is 6.10 Å². The Morgan fingerprint density at radius 1 is 1.14 bits per heavy atom. The van der Waals surface area contributed by atoms with Crippen molar-refractivity contribution >= 4 is 0 Å². The molecule has 0 amide bonds. The van der Waals surface area contributed by atoms with E-state index in [4.69, 9.17) is 4.74 Å². The van der Waals surface area contributed by atoms with E-state index >= 15 is 0 Å². The van der Waals surface area contributed by atoms with Gasteiger partial charge in [-0.05, 0) is 38.4 Å². The zero-order valence-electron chi connectivity index (χ0n) is 13.7. The molecule has 118 valence electrons. The number of benzene rings is 1. The summed E-state index contributed by atoms with van der Waals surface area (Å²) in [7, 11) is 0. The molecule has 0 saturated heterocycles. The van der Waals surface area contributed by atoms with Gasteiger partial charge in [0.25, 0.3) is 0 Å². The normalized spacial score (nSPS) is 23.0. The van der Waals surface area contributed by atoms with Crippen molar-refractivity contribution in [2.75, 3.05) is 26.2 Å². The third-order valence-electron chi connectivity index (χ3n) is 4.53. The second kappa shape index (κ2) is 8.52. The van der Waals surface area contributed by atoms with E-state index < -0.39 is 0 Å². The van der Waals surface area contributed by atoms with Crippen molar-refractivity contribution < 1.29 is 4.74 Å². The summed E-state index contributed by atoms with van der Waals surface area (Å²) in [5, 5.41) is 3.73. The highest BCUT2D eigenvalue weighted by Crippen LogP contribution is 2.25. The molecule has 1 aliphatic rings. The molecule has 1 aliphatic carbocycles. The first kappa shape index (κ1) is 16.5. The first-order valence-corrected chi connectivity index (χ1v) is 8.42. The molecule has 0 aromatic heterocycles. The first-order chi connectivity index (χ1) is 10.3. The highest BCUT2D eigenvalue weighted by molar-refractivity contribution is 5.19. The van der Waals surface area contributed by atoms with Gasteiger partial charge in [0.15, 0.2) is 0 Å². The van der Waals surface area contributed by atoms with Crippen LogP contribution in [0.3, 0.4) is 0 Å². The van der Waals surface area contributed by atoms with Gasteiger partial charge in [-0.1, -0.05) is 44.2 Å². The van der Waals surface area contributed by atoms with E-state index in [0.717, 1.165) is 39.1 Å². The molecule has 1 unspecified atom stereocenters. The number of rotatable bonds is 9. The van der Waals surface area contributed by atoms with Gasteiger partial charge in [0, 0.05) is 25.2 Å². The lowest BCUT2D eigenvalue weighted by Gasteiger charge is -2.38. The van der Waals surface area contributed by atoms with Gasteiger partial charge < -0.3 is 10.1 Å². The van der Waals surface area contributed by atoms with E-state index in [0.29, 0.717) is 18.2 Å². The monoisotopic (exact) mass is 290 g/mol. The topological polar surface area (TPSA) is 24.5 Å². The van der Waals surface area contributed by atoms with E-state index in [2.05, 4.69) is 61.3 Å². The van der Waals surface area contributed by atoms with Crippen LogP contribution in [0.2, 0.25) is 0 Å².